The molecule has 0 atom stereocenters. The maximum absolute atomic E-state index is 13.3. The minimum Gasteiger partial charge on any atom is -0.349 e. The average molecular weight is 337 g/mol. The summed E-state index contributed by atoms with van der Waals surface area (Å²) < 4.78 is 39.9. The van der Waals surface area contributed by atoms with Crippen LogP contribution in [0, 0.1) is 5.92 Å². The molecule has 1 N–H and O–H groups in total. The number of halogens is 3. The molecule has 0 bridgehead atoms. The normalized spacial score (nSPS) is 21.7. The fourth-order valence-corrected chi connectivity index (χ4v) is 3.07. The van der Waals surface area contributed by atoms with Gasteiger partial charge in [0, 0.05) is 23.8 Å². The first-order valence-electron chi connectivity index (χ1n) is 7.97. The minimum absolute atomic E-state index is 0.0839. The summed E-state index contributed by atoms with van der Waals surface area (Å²) in [5.74, 6) is -0.127. The van der Waals surface area contributed by atoms with Crippen LogP contribution in [0.15, 0.2) is 24.5 Å². The molecular formula is C17H18F3N3O. The Bertz CT molecular complexity index is 752. The van der Waals surface area contributed by atoms with Crippen LogP contribution in [0.25, 0.3) is 10.9 Å². The number of amides is 1. The maximum Gasteiger partial charge on any atom is 0.434 e. The first-order valence-corrected chi connectivity index (χ1v) is 7.97. The second kappa shape index (κ2) is 6.37. The number of nitrogens with one attached hydrogen (secondary N) is 1. The van der Waals surface area contributed by atoms with E-state index in [-0.39, 0.29) is 11.6 Å². The van der Waals surface area contributed by atoms with E-state index in [2.05, 4.69) is 22.2 Å². The van der Waals surface area contributed by atoms with Crippen LogP contribution in [0.5, 0.6) is 0 Å². The van der Waals surface area contributed by atoms with Crippen molar-refractivity contribution < 1.29 is 18.0 Å². The number of pyridine rings is 2. The van der Waals surface area contributed by atoms with Crippen LogP contribution in [-0.4, -0.2) is 21.9 Å². The fourth-order valence-electron chi connectivity index (χ4n) is 3.07. The highest BCUT2D eigenvalue weighted by Crippen LogP contribution is 2.32. The number of hydrogen-bond donors (Lipinski definition) is 1. The van der Waals surface area contributed by atoms with Crippen molar-refractivity contribution in [3.05, 3.63) is 35.8 Å². The quantitative estimate of drug-likeness (QED) is 0.902. The number of aromatic nitrogens is 2. The lowest BCUT2D eigenvalue weighted by molar-refractivity contribution is -0.141. The fraction of sp³-hybridized carbons (Fsp3) is 0.471. The van der Waals surface area contributed by atoms with Gasteiger partial charge in [0.2, 0.25) is 0 Å². The van der Waals surface area contributed by atoms with Crippen molar-refractivity contribution in [1.82, 2.24) is 15.3 Å². The van der Waals surface area contributed by atoms with Crippen molar-refractivity contribution in [2.45, 2.75) is 44.8 Å². The molecule has 0 radical (unpaired) electrons. The number of hydrogen-bond acceptors (Lipinski definition) is 3. The third kappa shape index (κ3) is 3.49. The number of fused-ring (bicyclic) bond motifs is 1. The van der Waals surface area contributed by atoms with E-state index in [0.717, 1.165) is 25.7 Å². The van der Waals surface area contributed by atoms with E-state index in [1.54, 1.807) is 0 Å². The zero-order chi connectivity index (χ0) is 17.3. The van der Waals surface area contributed by atoms with E-state index in [9.17, 15) is 18.0 Å². The highest BCUT2D eigenvalue weighted by atomic mass is 19.4. The zero-order valence-electron chi connectivity index (χ0n) is 13.2. The Hall–Kier alpha value is -2.18. The standard InChI is InChI=1S/C17H18F3N3O/c1-10-2-4-12(5-3-10)22-16(24)13-8-11-9-21-7-6-14(11)23-15(13)17(18,19)20/h6-10,12H,2-5H2,1H3,(H,22,24)/t10-,12-. The molecule has 1 aliphatic rings. The van der Waals surface area contributed by atoms with Gasteiger partial charge in [-0.2, -0.15) is 13.2 Å². The van der Waals surface area contributed by atoms with E-state index in [0.29, 0.717) is 11.3 Å². The Morgan fingerprint density at radius 3 is 2.62 bits per heavy atom. The summed E-state index contributed by atoms with van der Waals surface area (Å²) in [6.07, 6.45) is 1.60. The van der Waals surface area contributed by atoms with Crippen LogP contribution in [-0.2, 0) is 6.18 Å². The molecule has 2 aromatic rings. The summed E-state index contributed by atoms with van der Waals surface area (Å²) in [6.45, 7) is 2.14. The molecular weight excluding hydrogens is 319 g/mol. The molecule has 0 unspecified atom stereocenters. The molecule has 1 fully saturated rings. The molecule has 0 aromatic carbocycles. The van der Waals surface area contributed by atoms with Gasteiger partial charge < -0.3 is 5.32 Å². The summed E-state index contributed by atoms with van der Waals surface area (Å²) in [6, 6.07) is 2.53. The Balaban J connectivity index is 1.93. The van der Waals surface area contributed by atoms with Crippen molar-refractivity contribution in [2.24, 2.45) is 5.92 Å². The van der Waals surface area contributed by atoms with Gasteiger partial charge in [-0.05, 0) is 43.7 Å². The van der Waals surface area contributed by atoms with Gasteiger partial charge in [-0.15, -0.1) is 0 Å². The van der Waals surface area contributed by atoms with Gasteiger partial charge in [0.15, 0.2) is 5.69 Å². The summed E-state index contributed by atoms with van der Waals surface area (Å²) in [7, 11) is 0. The molecule has 1 aliphatic carbocycles. The van der Waals surface area contributed by atoms with Crippen LogP contribution >= 0.6 is 0 Å². The largest absolute Gasteiger partial charge is 0.434 e. The van der Waals surface area contributed by atoms with Crippen molar-refractivity contribution >= 4 is 16.8 Å². The molecule has 3 rings (SSSR count). The van der Waals surface area contributed by atoms with Gasteiger partial charge in [-0.25, -0.2) is 4.98 Å². The monoisotopic (exact) mass is 337 g/mol. The van der Waals surface area contributed by atoms with Crippen LogP contribution in [0.3, 0.4) is 0 Å². The molecule has 0 aliphatic heterocycles. The number of nitrogens with zero attached hydrogens (tertiary/aromatic N) is 2. The summed E-state index contributed by atoms with van der Waals surface area (Å²) in [4.78, 5) is 20.0. The van der Waals surface area contributed by atoms with E-state index in [1.165, 1.54) is 24.5 Å². The topological polar surface area (TPSA) is 54.9 Å². The molecule has 1 amide bonds. The van der Waals surface area contributed by atoms with E-state index >= 15 is 0 Å². The molecule has 128 valence electrons. The lowest BCUT2D eigenvalue weighted by atomic mass is 9.87. The van der Waals surface area contributed by atoms with Gasteiger partial charge in [0.25, 0.3) is 5.91 Å². The average Bonchev–Trinajstić information content (AvgIpc) is 2.55. The first-order chi connectivity index (χ1) is 11.3. The van der Waals surface area contributed by atoms with E-state index in [4.69, 9.17) is 0 Å². The number of carbonyl (C=O) groups excluding carboxylic acids is 1. The Morgan fingerprint density at radius 2 is 1.96 bits per heavy atom. The molecule has 0 spiro atoms. The second-order valence-electron chi connectivity index (χ2n) is 6.38. The van der Waals surface area contributed by atoms with Gasteiger partial charge >= 0.3 is 6.18 Å². The lowest BCUT2D eigenvalue weighted by Gasteiger charge is -2.27. The third-order valence-corrected chi connectivity index (χ3v) is 4.48. The Labute approximate surface area is 137 Å². The van der Waals surface area contributed by atoms with Crippen molar-refractivity contribution in [3.63, 3.8) is 0 Å². The van der Waals surface area contributed by atoms with Crippen LogP contribution in [0.1, 0.15) is 48.7 Å². The SMILES string of the molecule is C[C@H]1CC[C@H](NC(=O)c2cc3cnccc3nc2C(F)(F)F)CC1. The molecule has 24 heavy (non-hydrogen) atoms. The predicted octanol–water partition coefficient (Wildman–Crippen LogP) is 3.96. The number of rotatable bonds is 2. The predicted molar refractivity (Wildman–Crippen MR) is 83.4 cm³/mol. The summed E-state index contributed by atoms with van der Waals surface area (Å²) >= 11 is 0. The highest BCUT2D eigenvalue weighted by molar-refractivity contribution is 5.98. The van der Waals surface area contributed by atoms with Crippen molar-refractivity contribution in [3.8, 4) is 0 Å². The molecule has 1 saturated carbocycles. The number of alkyl halides is 3. The van der Waals surface area contributed by atoms with Crippen molar-refractivity contribution in [1.29, 1.82) is 0 Å². The van der Waals surface area contributed by atoms with Crippen LogP contribution in [0.4, 0.5) is 13.2 Å². The number of carbonyl (C=O) groups is 1. The van der Waals surface area contributed by atoms with Gasteiger partial charge in [0.05, 0.1) is 11.1 Å². The first kappa shape index (κ1) is 16.7. The van der Waals surface area contributed by atoms with Crippen LogP contribution < -0.4 is 5.32 Å². The molecule has 2 heterocycles. The summed E-state index contributed by atoms with van der Waals surface area (Å²) in [5.41, 5.74) is -1.43. The minimum atomic E-state index is -4.69. The lowest BCUT2D eigenvalue weighted by Crippen LogP contribution is -2.38. The smallest absolute Gasteiger partial charge is 0.349 e. The van der Waals surface area contributed by atoms with Crippen molar-refractivity contribution in [2.75, 3.05) is 0 Å². The molecule has 2 aromatic heterocycles. The van der Waals surface area contributed by atoms with Crippen LogP contribution in [0.2, 0.25) is 0 Å². The zero-order valence-corrected chi connectivity index (χ0v) is 13.2. The summed E-state index contributed by atoms with van der Waals surface area (Å²) in [5, 5.41) is 3.14. The van der Waals surface area contributed by atoms with Gasteiger partial charge in [-0.3, -0.25) is 9.78 Å². The van der Waals surface area contributed by atoms with Gasteiger partial charge in [0.1, 0.15) is 0 Å². The maximum atomic E-state index is 13.3. The van der Waals surface area contributed by atoms with E-state index < -0.39 is 23.3 Å². The third-order valence-electron chi connectivity index (χ3n) is 4.48. The highest BCUT2D eigenvalue weighted by Gasteiger charge is 2.38. The second-order valence-corrected chi connectivity index (χ2v) is 6.38. The molecule has 7 heteroatoms. The van der Waals surface area contributed by atoms with E-state index in [1.807, 2.05) is 0 Å². The van der Waals surface area contributed by atoms with Gasteiger partial charge in [-0.1, -0.05) is 6.92 Å². The Kier molecular flexibility index (Phi) is 4.43. The molecule has 0 saturated heterocycles. The molecule has 4 nitrogen and oxygen atoms in total. The Morgan fingerprint density at radius 1 is 1.25 bits per heavy atom.